The minimum Gasteiger partial charge on any atom is -0.251 e. The van der Waals surface area contributed by atoms with Crippen molar-refractivity contribution < 1.29 is 8.78 Å². The van der Waals surface area contributed by atoms with Crippen LogP contribution in [0.1, 0.15) is 12.1 Å². The molecular weight excluding hydrogens is 274 g/mol. The molecule has 19 heavy (non-hydrogen) atoms. The maximum atomic E-state index is 12.4. The summed E-state index contributed by atoms with van der Waals surface area (Å²) in [6, 6.07) is 5.18. The zero-order valence-electron chi connectivity index (χ0n) is 9.46. The predicted molar refractivity (Wildman–Crippen MR) is 66.2 cm³/mol. The lowest BCUT2D eigenvalue weighted by atomic mass is 10.2. The minimum atomic E-state index is -2.63. The summed E-state index contributed by atoms with van der Waals surface area (Å²) in [4.78, 5) is 7.66. The molecule has 96 valence electrons. The van der Waals surface area contributed by atoms with Gasteiger partial charge in [0.15, 0.2) is 0 Å². The fourth-order valence-electron chi connectivity index (χ4n) is 1.76. The first-order chi connectivity index (χ1) is 9.16. The number of rotatable bonds is 2. The van der Waals surface area contributed by atoms with E-state index in [9.17, 15) is 8.78 Å². The van der Waals surface area contributed by atoms with Gasteiger partial charge in [0.25, 0.3) is 6.43 Å². The van der Waals surface area contributed by atoms with E-state index < -0.39 is 6.43 Å². The Morgan fingerprint density at radius 3 is 2.63 bits per heavy atom. The molecule has 0 spiro atoms. The quantitative estimate of drug-likeness (QED) is 0.723. The van der Waals surface area contributed by atoms with Gasteiger partial charge in [0.05, 0.1) is 34.8 Å². The fourth-order valence-corrected chi connectivity index (χ4v) is 1.97. The molecule has 0 saturated heterocycles. The summed E-state index contributed by atoms with van der Waals surface area (Å²) < 4.78 is 26.4. The van der Waals surface area contributed by atoms with Crippen molar-refractivity contribution in [2.45, 2.75) is 6.43 Å². The lowest BCUT2D eigenvalue weighted by molar-refractivity contribution is 0.145. The van der Waals surface area contributed by atoms with Crippen LogP contribution in [0.2, 0.25) is 5.02 Å². The standard InChI is InChI=1S/C12H7ClF2N4/c13-7-1-2-11(19-10(7)3-4-18-19)8-5-17-9(6-16-8)12(14)15/h1-6,12H. The maximum absolute atomic E-state index is 12.4. The first-order valence-corrected chi connectivity index (χ1v) is 5.77. The number of pyridine rings is 1. The average molecular weight is 281 g/mol. The highest BCUT2D eigenvalue weighted by atomic mass is 35.5. The Kier molecular flexibility index (Phi) is 2.87. The smallest absolute Gasteiger partial charge is 0.251 e. The van der Waals surface area contributed by atoms with Crippen LogP contribution >= 0.6 is 11.6 Å². The second kappa shape index (κ2) is 4.55. The fraction of sp³-hybridized carbons (Fsp3) is 0.0833. The Morgan fingerprint density at radius 2 is 1.95 bits per heavy atom. The van der Waals surface area contributed by atoms with Crippen molar-refractivity contribution in [3.63, 3.8) is 0 Å². The van der Waals surface area contributed by atoms with Gasteiger partial charge in [-0.2, -0.15) is 5.10 Å². The Morgan fingerprint density at radius 1 is 1.11 bits per heavy atom. The number of aromatic nitrogens is 4. The third-order valence-corrected chi connectivity index (χ3v) is 2.98. The second-order valence-electron chi connectivity index (χ2n) is 3.82. The maximum Gasteiger partial charge on any atom is 0.281 e. The van der Waals surface area contributed by atoms with Gasteiger partial charge in [0, 0.05) is 0 Å². The van der Waals surface area contributed by atoms with Gasteiger partial charge < -0.3 is 0 Å². The van der Waals surface area contributed by atoms with Gasteiger partial charge in [-0.1, -0.05) is 11.6 Å². The first-order valence-electron chi connectivity index (χ1n) is 5.39. The molecule has 3 heterocycles. The van der Waals surface area contributed by atoms with E-state index in [-0.39, 0.29) is 5.69 Å². The number of fused-ring (bicyclic) bond motifs is 1. The van der Waals surface area contributed by atoms with E-state index in [4.69, 9.17) is 11.6 Å². The predicted octanol–water partition coefficient (Wildman–Crippen LogP) is 3.38. The molecule has 3 aromatic heterocycles. The van der Waals surface area contributed by atoms with Crippen LogP contribution in [0.5, 0.6) is 0 Å². The van der Waals surface area contributed by atoms with Gasteiger partial charge in [-0.25, -0.2) is 13.3 Å². The second-order valence-corrected chi connectivity index (χ2v) is 4.23. The van der Waals surface area contributed by atoms with Crippen molar-refractivity contribution in [1.29, 1.82) is 0 Å². The van der Waals surface area contributed by atoms with E-state index in [0.29, 0.717) is 16.4 Å². The van der Waals surface area contributed by atoms with Gasteiger partial charge in [-0.3, -0.25) is 9.97 Å². The van der Waals surface area contributed by atoms with E-state index in [1.807, 2.05) is 0 Å². The van der Waals surface area contributed by atoms with Crippen LogP contribution in [-0.4, -0.2) is 19.6 Å². The van der Waals surface area contributed by atoms with Crippen LogP contribution in [0.3, 0.4) is 0 Å². The molecule has 0 aliphatic carbocycles. The molecule has 0 aliphatic heterocycles. The molecule has 3 rings (SSSR count). The lowest BCUT2D eigenvalue weighted by Crippen LogP contribution is -1.98. The average Bonchev–Trinajstić information content (AvgIpc) is 2.89. The topological polar surface area (TPSA) is 43.1 Å². The van der Waals surface area contributed by atoms with Crippen molar-refractivity contribution in [2.75, 3.05) is 0 Å². The molecule has 0 amide bonds. The molecule has 0 aliphatic rings. The van der Waals surface area contributed by atoms with E-state index in [1.54, 1.807) is 28.9 Å². The van der Waals surface area contributed by atoms with Crippen molar-refractivity contribution in [3.05, 3.63) is 47.5 Å². The zero-order chi connectivity index (χ0) is 13.4. The third kappa shape index (κ3) is 2.04. The molecule has 0 fully saturated rings. The molecular formula is C12H7ClF2N4. The van der Waals surface area contributed by atoms with Crippen molar-refractivity contribution in [2.24, 2.45) is 0 Å². The summed E-state index contributed by atoms with van der Waals surface area (Å²) in [7, 11) is 0. The van der Waals surface area contributed by atoms with Gasteiger partial charge in [0.1, 0.15) is 11.4 Å². The van der Waals surface area contributed by atoms with E-state index in [1.165, 1.54) is 6.20 Å². The zero-order valence-corrected chi connectivity index (χ0v) is 10.2. The van der Waals surface area contributed by atoms with E-state index in [0.717, 1.165) is 11.7 Å². The van der Waals surface area contributed by atoms with Crippen molar-refractivity contribution >= 4 is 17.1 Å². The molecule has 0 saturated carbocycles. The van der Waals surface area contributed by atoms with Gasteiger partial charge >= 0.3 is 0 Å². The van der Waals surface area contributed by atoms with Gasteiger partial charge in [0.2, 0.25) is 0 Å². The summed E-state index contributed by atoms with van der Waals surface area (Å²) in [5, 5.41) is 4.68. The number of alkyl halides is 2. The van der Waals surface area contributed by atoms with Crippen molar-refractivity contribution in [1.82, 2.24) is 19.6 Å². The third-order valence-electron chi connectivity index (χ3n) is 2.66. The normalized spacial score (nSPS) is 11.4. The molecule has 0 aromatic carbocycles. The Hall–Kier alpha value is -2.08. The SMILES string of the molecule is FC(F)c1cnc(-c2ccc(Cl)c3ccnn23)cn1. The monoisotopic (exact) mass is 280 g/mol. The van der Waals surface area contributed by atoms with Gasteiger partial charge in [-0.05, 0) is 18.2 Å². The minimum absolute atomic E-state index is 0.352. The number of hydrogen-bond acceptors (Lipinski definition) is 3. The van der Waals surface area contributed by atoms with Crippen LogP contribution in [0, 0.1) is 0 Å². The number of halogens is 3. The highest BCUT2D eigenvalue weighted by Crippen LogP contribution is 2.24. The number of hydrogen-bond donors (Lipinski definition) is 0. The summed E-state index contributed by atoms with van der Waals surface area (Å²) in [5.74, 6) is 0. The molecule has 7 heteroatoms. The highest BCUT2D eigenvalue weighted by Gasteiger charge is 2.12. The number of nitrogens with zero attached hydrogens (tertiary/aromatic N) is 4. The molecule has 0 unspecified atom stereocenters. The molecule has 0 N–H and O–H groups in total. The Labute approximate surface area is 111 Å². The van der Waals surface area contributed by atoms with Crippen LogP contribution in [0.25, 0.3) is 16.9 Å². The Bertz CT molecular complexity index is 724. The summed E-state index contributed by atoms with van der Waals surface area (Å²) in [5.41, 5.74) is 1.46. The van der Waals surface area contributed by atoms with Crippen molar-refractivity contribution in [3.8, 4) is 11.4 Å². The van der Waals surface area contributed by atoms with Crippen LogP contribution < -0.4 is 0 Å². The summed E-state index contributed by atoms with van der Waals surface area (Å²) in [6.45, 7) is 0. The Balaban J connectivity index is 2.14. The van der Waals surface area contributed by atoms with E-state index >= 15 is 0 Å². The summed E-state index contributed by atoms with van der Waals surface area (Å²) in [6.07, 6.45) is 1.33. The van der Waals surface area contributed by atoms with Crippen LogP contribution in [-0.2, 0) is 0 Å². The largest absolute Gasteiger partial charge is 0.281 e. The van der Waals surface area contributed by atoms with E-state index in [2.05, 4.69) is 15.1 Å². The summed E-state index contributed by atoms with van der Waals surface area (Å²) >= 11 is 6.03. The van der Waals surface area contributed by atoms with Crippen LogP contribution in [0.4, 0.5) is 8.78 Å². The molecule has 0 atom stereocenters. The molecule has 4 nitrogen and oxygen atoms in total. The van der Waals surface area contributed by atoms with Gasteiger partial charge in [-0.15, -0.1) is 0 Å². The first kappa shape index (κ1) is 12.0. The molecule has 0 bridgehead atoms. The molecule has 3 aromatic rings. The molecule has 0 radical (unpaired) electrons. The lowest BCUT2D eigenvalue weighted by Gasteiger charge is -2.06. The highest BCUT2D eigenvalue weighted by molar-refractivity contribution is 6.33. The van der Waals surface area contributed by atoms with Crippen LogP contribution in [0.15, 0.2) is 36.8 Å².